The maximum Gasteiger partial charge on any atom is 0.254 e. The monoisotopic (exact) mass is 553 g/mol. The Morgan fingerprint density at radius 2 is 1.62 bits per heavy atom. The van der Waals surface area contributed by atoms with Crippen molar-refractivity contribution in [1.82, 2.24) is 15.1 Å². The summed E-state index contributed by atoms with van der Waals surface area (Å²) in [7, 11) is 7.95. The third-order valence-corrected chi connectivity index (χ3v) is 8.35. The molecule has 2 amide bonds. The number of nitrogens with zero attached hydrogens (tertiary/aromatic N) is 2. The predicted molar refractivity (Wildman–Crippen MR) is 154 cm³/mol. The van der Waals surface area contributed by atoms with Gasteiger partial charge < -0.3 is 34.1 Å². The van der Waals surface area contributed by atoms with Crippen molar-refractivity contribution in [2.45, 2.75) is 57.0 Å². The van der Waals surface area contributed by atoms with Gasteiger partial charge in [0.05, 0.1) is 40.4 Å². The smallest absolute Gasteiger partial charge is 0.254 e. The molecule has 1 fully saturated rings. The van der Waals surface area contributed by atoms with E-state index in [-0.39, 0.29) is 11.8 Å². The summed E-state index contributed by atoms with van der Waals surface area (Å²) in [6.45, 7) is 4.89. The summed E-state index contributed by atoms with van der Waals surface area (Å²) >= 11 is 0. The van der Waals surface area contributed by atoms with Crippen molar-refractivity contribution < 1.29 is 28.5 Å². The second-order valence-electron chi connectivity index (χ2n) is 10.5. The first-order chi connectivity index (χ1) is 19.4. The minimum Gasteiger partial charge on any atom is -0.493 e. The molecule has 0 aromatic heterocycles. The first kappa shape index (κ1) is 29.5. The molecule has 3 atom stereocenters. The fourth-order valence-corrected chi connectivity index (χ4v) is 6.21. The number of rotatable bonds is 11. The number of likely N-dealkylation sites (N-methyl/N-ethyl adjacent to an activating group) is 1. The summed E-state index contributed by atoms with van der Waals surface area (Å²) in [5.74, 6) is 1.01. The number of nitrogens with one attached hydrogen (secondary N) is 1. The van der Waals surface area contributed by atoms with Crippen LogP contribution >= 0.6 is 0 Å². The quantitative estimate of drug-likeness (QED) is 0.413. The fourth-order valence-electron chi connectivity index (χ4n) is 6.21. The van der Waals surface area contributed by atoms with Gasteiger partial charge in [-0.3, -0.25) is 9.59 Å². The van der Waals surface area contributed by atoms with Gasteiger partial charge in [0.15, 0.2) is 23.0 Å². The Labute approximate surface area is 237 Å². The molecule has 2 aromatic rings. The lowest BCUT2D eigenvalue weighted by Gasteiger charge is -2.40. The number of hydrogen-bond acceptors (Lipinski definition) is 7. The van der Waals surface area contributed by atoms with Crippen LogP contribution in [0.3, 0.4) is 0 Å². The number of piperidine rings is 1. The topological polar surface area (TPSA) is 89.6 Å². The zero-order valence-electron chi connectivity index (χ0n) is 24.6. The Morgan fingerprint density at radius 3 is 2.30 bits per heavy atom. The highest BCUT2D eigenvalue weighted by Gasteiger charge is 2.43. The van der Waals surface area contributed by atoms with Gasteiger partial charge in [0.2, 0.25) is 5.91 Å². The number of likely N-dealkylation sites (tertiary alicyclic amines) is 1. The molecule has 0 saturated carbocycles. The maximum atomic E-state index is 14.0. The van der Waals surface area contributed by atoms with E-state index in [4.69, 9.17) is 18.9 Å². The van der Waals surface area contributed by atoms with Crippen molar-refractivity contribution >= 4 is 11.8 Å². The third-order valence-electron chi connectivity index (χ3n) is 8.35. The number of methoxy groups -OCH3 is 4. The highest BCUT2D eigenvalue weighted by atomic mass is 16.5. The summed E-state index contributed by atoms with van der Waals surface area (Å²) in [4.78, 5) is 31.8. The zero-order chi connectivity index (χ0) is 28.8. The predicted octanol–water partition coefficient (Wildman–Crippen LogP) is 4.40. The van der Waals surface area contributed by atoms with Gasteiger partial charge in [-0.15, -0.1) is 0 Å². The van der Waals surface area contributed by atoms with E-state index in [0.717, 1.165) is 31.5 Å². The number of benzene rings is 2. The Bertz CT molecular complexity index is 1200. The number of amides is 2. The van der Waals surface area contributed by atoms with E-state index >= 15 is 0 Å². The first-order valence-corrected chi connectivity index (χ1v) is 14.1. The van der Waals surface area contributed by atoms with Gasteiger partial charge in [0.1, 0.15) is 0 Å². The number of ether oxygens (including phenoxy) is 4. The largest absolute Gasteiger partial charge is 0.493 e. The molecule has 2 aromatic carbocycles. The van der Waals surface area contributed by atoms with E-state index in [2.05, 4.69) is 17.1 Å². The second kappa shape index (κ2) is 13.3. The van der Waals surface area contributed by atoms with E-state index in [1.165, 1.54) is 26.4 Å². The summed E-state index contributed by atoms with van der Waals surface area (Å²) in [6, 6.07) is 9.00. The summed E-state index contributed by atoms with van der Waals surface area (Å²) < 4.78 is 22.0. The van der Waals surface area contributed by atoms with Crippen LogP contribution in [0.5, 0.6) is 23.0 Å². The van der Waals surface area contributed by atoms with Crippen LogP contribution in [0.2, 0.25) is 0 Å². The van der Waals surface area contributed by atoms with Crippen LogP contribution in [0.15, 0.2) is 30.3 Å². The number of carbonyl (C=O) groups is 2. The van der Waals surface area contributed by atoms with Crippen LogP contribution in [0.25, 0.3) is 0 Å². The highest BCUT2D eigenvalue weighted by Crippen LogP contribution is 2.46. The maximum absolute atomic E-state index is 14.0. The molecule has 0 radical (unpaired) electrons. The van der Waals surface area contributed by atoms with E-state index in [0.29, 0.717) is 46.7 Å². The van der Waals surface area contributed by atoms with Crippen LogP contribution in [-0.2, 0) is 4.79 Å². The molecule has 2 aliphatic rings. The van der Waals surface area contributed by atoms with Crippen molar-refractivity contribution in [2.75, 3.05) is 55.1 Å². The van der Waals surface area contributed by atoms with Gasteiger partial charge in [-0.05, 0) is 67.6 Å². The van der Waals surface area contributed by atoms with Crippen LogP contribution < -0.4 is 24.3 Å². The normalized spacial score (nSPS) is 21.0. The SMILES string of the molecule is CC[C@@H]1CCCCN1CCCNC(=O)[C@H]1c2cc(OC)c(OC)cc2C(=O)N(C)[C@@H]1c1ccc(OC)c(OC)c1. The Hall–Kier alpha value is -3.46. The molecule has 0 aliphatic carbocycles. The molecule has 2 aliphatic heterocycles. The van der Waals surface area contributed by atoms with Gasteiger partial charge in [-0.2, -0.15) is 0 Å². The number of fused-ring (bicyclic) bond motifs is 1. The van der Waals surface area contributed by atoms with Crippen molar-refractivity contribution in [3.63, 3.8) is 0 Å². The molecule has 2 heterocycles. The van der Waals surface area contributed by atoms with Crippen molar-refractivity contribution in [3.8, 4) is 23.0 Å². The van der Waals surface area contributed by atoms with Gasteiger partial charge in [0.25, 0.3) is 5.91 Å². The van der Waals surface area contributed by atoms with E-state index < -0.39 is 12.0 Å². The Kier molecular flexibility index (Phi) is 9.79. The molecular formula is C31H43N3O6. The van der Waals surface area contributed by atoms with E-state index in [9.17, 15) is 9.59 Å². The van der Waals surface area contributed by atoms with Crippen molar-refractivity contribution in [3.05, 3.63) is 47.0 Å². The summed E-state index contributed by atoms with van der Waals surface area (Å²) in [5, 5.41) is 3.19. The molecule has 218 valence electrons. The van der Waals surface area contributed by atoms with Gasteiger partial charge in [-0.1, -0.05) is 19.4 Å². The molecule has 40 heavy (non-hydrogen) atoms. The van der Waals surface area contributed by atoms with Crippen LogP contribution in [0.4, 0.5) is 0 Å². The molecule has 1 saturated heterocycles. The second-order valence-corrected chi connectivity index (χ2v) is 10.5. The lowest BCUT2D eigenvalue weighted by atomic mass is 9.79. The van der Waals surface area contributed by atoms with Crippen LogP contribution in [0.1, 0.15) is 72.5 Å². The minimum absolute atomic E-state index is 0.140. The van der Waals surface area contributed by atoms with Crippen LogP contribution in [-0.4, -0.2) is 82.8 Å². The number of carbonyl (C=O) groups excluding carboxylic acids is 2. The Balaban J connectivity index is 1.66. The molecular weight excluding hydrogens is 510 g/mol. The summed E-state index contributed by atoms with van der Waals surface area (Å²) in [6.07, 6.45) is 5.80. The molecule has 9 nitrogen and oxygen atoms in total. The van der Waals surface area contributed by atoms with Gasteiger partial charge in [0, 0.05) is 31.7 Å². The average Bonchev–Trinajstić information content (AvgIpc) is 2.99. The average molecular weight is 554 g/mol. The molecule has 0 spiro atoms. The van der Waals surface area contributed by atoms with Crippen LogP contribution in [0, 0.1) is 0 Å². The van der Waals surface area contributed by atoms with E-state index in [1.54, 1.807) is 51.5 Å². The fraction of sp³-hybridized carbons (Fsp3) is 0.548. The molecule has 0 unspecified atom stereocenters. The Morgan fingerprint density at radius 1 is 0.950 bits per heavy atom. The van der Waals surface area contributed by atoms with Crippen molar-refractivity contribution in [2.24, 2.45) is 0 Å². The lowest BCUT2D eigenvalue weighted by molar-refractivity contribution is -0.124. The standard InChI is InChI=1S/C31H43N3O6/c1-7-21-11-8-9-15-34(21)16-10-14-32-30(35)28-22-18-26(39-5)27(40-6)19-23(22)31(36)33(2)29(28)20-12-13-24(37-3)25(17-20)38-4/h12-13,17-19,21,28-29H,7-11,14-16H2,1-6H3,(H,32,35)/t21-,28+,29-/m1/s1. The number of hydrogen-bond donors (Lipinski definition) is 1. The molecule has 0 bridgehead atoms. The van der Waals surface area contributed by atoms with E-state index in [1.807, 2.05) is 12.1 Å². The zero-order valence-corrected chi connectivity index (χ0v) is 24.6. The molecule has 4 rings (SSSR count). The molecule has 9 heteroatoms. The lowest BCUT2D eigenvalue weighted by Crippen LogP contribution is -2.46. The van der Waals surface area contributed by atoms with Gasteiger partial charge >= 0.3 is 0 Å². The molecule has 1 N–H and O–H groups in total. The van der Waals surface area contributed by atoms with Crippen molar-refractivity contribution in [1.29, 1.82) is 0 Å². The summed E-state index contributed by atoms with van der Waals surface area (Å²) in [5.41, 5.74) is 1.81. The first-order valence-electron chi connectivity index (χ1n) is 14.1. The van der Waals surface area contributed by atoms with Gasteiger partial charge in [-0.25, -0.2) is 0 Å². The minimum atomic E-state index is -0.672. The third kappa shape index (κ3) is 5.84. The highest BCUT2D eigenvalue weighted by molar-refractivity contribution is 6.02.